The van der Waals surface area contributed by atoms with Crippen LogP contribution in [0.2, 0.25) is 0 Å². The number of hydrogen-bond donors (Lipinski definition) is 1. The summed E-state index contributed by atoms with van der Waals surface area (Å²) in [7, 11) is 5.81. The monoisotopic (exact) mass is 249 g/mol. The summed E-state index contributed by atoms with van der Waals surface area (Å²) in [5.74, 6) is 0. The van der Waals surface area contributed by atoms with Gasteiger partial charge in [0.1, 0.15) is 0 Å². The second-order valence-electron chi connectivity index (χ2n) is 4.68. The first kappa shape index (κ1) is 12.2. The van der Waals surface area contributed by atoms with Gasteiger partial charge in [0, 0.05) is 0 Å². The van der Waals surface area contributed by atoms with Crippen molar-refractivity contribution in [2.24, 2.45) is 11.9 Å². The molecule has 0 bridgehead atoms. The quantitative estimate of drug-likeness (QED) is 0.529. The molecule has 2 heterocycles. The predicted octanol–water partition coefficient (Wildman–Crippen LogP) is -1.32. The predicted molar refractivity (Wildman–Crippen MR) is 76.5 cm³/mol. The van der Waals surface area contributed by atoms with E-state index in [-0.39, 0.29) is 14.1 Å². The van der Waals surface area contributed by atoms with Crippen molar-refractivity contribution in [1.82, 2.24) is 14.4 Å². The summed E-state index contributed by atoms with van der Waals surface area (Å²) in [4.78, 5) is 4.52. The van der Waals surface area contributed by atoms with E-state index in [0.717, 1.165) is 0 Å². The maximum atomic E-state index is 4.52. The SMILES string of the molecule is CN1B(c2ccccc2)N=BNB1[n+]1[c-]n(C)cc1. The van der Waals surface area contributed by atoms with Crippen LogP contribution in [0, 0.1) is 6.33 Å². The van der Waals surface area contributed by atoms with Gasteiger partial charge >= 0.3 is 114 Å². The molecule has 0 unspecified atom stereocenters. The minimum absolute atomic E-state index is 0.0175. The molecule has 0 amide bonds. The van der Waals surface area contributed by atoms with E-state index in [2.05, 4.69) is 40.2 Å². The molecule has 1 aromatic carbocycles. The van der Waals surface area contributed by atoms with Gasteiger partial charge in [0.25, 0.3) is 0 Å². The van der Waals surface area contributed by atoms with E-state index >= 15 is 0 Å². The standard InChI is InChI=1S/C11H14B3N5/c1-17-8-9-19(10-17)14-16-12-15-13(18(14)2)11-6-4-3-5-7-11/h3-9,16H,1-2H3. The molecule has 0 radical (unpaired) electrons. The van der Waals surface area contributed by atoms with Gasteiger partial charge < -0.3 is 0 Å². The van der Waals surface area contributed by atoms with Gasteiger partial charge in [0.15, 0.2) is 0 Å². The van der Waals surface area contributed by atoms with Gasteiger partial charge in [-0.15, -0.1) is 0 Å². The molecule has 0 fully saturated rings. The number of imidazole rings is 1. The second kappa shape index (κ2) is 5.05. The van der Waals surface area contributed by atoms with Gasteiger partial charge in [-0.1, -0.05) is 0 Å². The summed E-state index contributed by atoms with van der Waals surface area (Å²) in [6.45, 7) is 0.0218. The number of aromatic nitrogens is 2. The Morgan fingerprint density at radius 3 is 2.79 bits per heavy atom. The first-order valence-electron chi connectivity index (χ1n) is 6.26. The third kappa shape index (κ3) is 2.36. The van der Waals surface area contributed by atoms with E-state index in [9.17, 15) is 0 Å². The molecule has 0 spiro atoms. The van der Waals surface area contributed by atoms with E-state index in [0.29, 0.717) is 0 Å². The van der Waals surface area contributed by atoms with Crippen LogP contribution in [0.4, 0.5) is 0 Å². The van der Waals surface area contributed by atoms with Crippen LogP contribution in [-0.2, 0) is 7.05 Å². The van der Waals surface area contributed by atoms with Gasteiger partial charge in [0.2, 0.25) is 0 Å². The zero-order valence-electron chi connectivity index (χ0n) is 11.1. The molecule has 0 saturated carbocycles. The van der Waals surface area contributed by atoms with Crippen LogP contribution in [0.3, 0.4) is 0 Å². The van der Waals surface area contributed by atoms with E-state index in [1.54, 1.807) is 7.21 Å². The Hall–Kier alpha value is -1.82. The normalized spacial score (nSPS) is 15.3. The molecule has 19 heavy (non-hydrogen) atoms. The number of nitrogens with one attached hydrogen (secondary N) is 1. The third-order valence-electron chi connectivity index (χ3n) is 3.30. The fourth-order valence-corrected chi connectivity index (χ4v) is 2.32. The fraction of sp³-hybridized carbons (Fsp3) is 0.182. The second-order valence-corrected chi connectivity index (χ2v) is 4.68. The van der Waals surface area contributed by atoms with E-state index in [1.807, 2.05) is 46.7 Å². The van der Waals surface area contributed by atoms with Gasteiger partial charge in [-0.3, -0.25) is 0 Å². The molecule has 1 aliphatic heterocycles. The maximum absolute atomic E-state index is 4.52. The van der Waals surface area contributed by atoms with Crippen LogP contribution in [0.15, 0.2) is 47.5 Å². The molecule has 0 aliphatic carbocycles. The summed E-state index contributed by atoms with van der Waals surface area (Å²) in [5, 5.41) is 3.25. The summed E-state index contributed by atoms with van der Waals surface area (Å²) in [6, 6.07) is 10.3. The van der Waals surface area contributed by atoms with Crippen molar-refractivity contribution < 1.29 is 4.48 Å². The summed E-state index contributed by atoms with van der Waals surface area (Å²) < 4.78 is 6.08. The molecule has 2 aromatic rings. The van der Waals surface area contributed by atoms with Crippen molar-refractivity contribution in [2.75, 3.05) is 7.05 Å². The van der Waals surface area contributed by atoms with Crippen molar-refractivity contribution >= 4 is 26.8 Å². The Labute approximate surface area is 114 Å². The molecule has 3 rings (SSSR count). The van der Waals surface area contributed by atoms with Gasteiger partial charge in [-0.25, -0.2) is 0 Å². The molecule has 1 N–H and O–H groups in total. The zero-order chi connectivity index (χ0) is 13.2. The Balaban J connectivity index is 1.89. The van der Waals surface area contributed by atoms with Crippen LogP contribution in [0.25, 0.3) is 0 Å². The van der Waals surface area contributed by atoms with Crippen LogP contribution < -0.4 is 15.1 Å². The average Bonchev–Trinajstić information content (AvgIpc) is 2.86. The molecule has 0 atom stereocenters. The summed E-state index contributed by atoms with van der Waals surface area (Å²) in [5.41, 5.74) is 1.18. The van der Waals surface area contributed by atoms with Crippen molar-refractivity contribution in [2.45, 2.75) is 0 Å². The van der Waals surface area contributed by atoms with Gasteiger partial charge in [-0.2, -0.15) is 0 Å². The number of benzene rings is 1. The molecule has 8 heteroatoms. The molecule has 1 aliphatic rings. The topological polar surface area (TPSA) is 36.4 Å². The Bertz CT molecular complexity index is 585. The van der Waals surface area contributed by atoms with E-state index in [1.165, 1.54) is 5.46 Å². The Morgan fingerprint density at radius 1 is 1.32 bits per heavy atom. The van der Waals surface area contributed by atoms with Crippen molar-refractivity contribution in [3.8, 4) is 0 Å². The minimum atomic E-state index is 0.0175. The van der Waals surface area contributed by atoms with Crippen molar-refractivity contribution in [3.63, 3.8) is 0 Å². The summed E-state index contributed by atoms with van der Waals surface area (Å²) >= 11 is 0. The van der Waals surface area contributed by atoms with Crippen molar-refractivity contribution in [3.05, 3.63) is 49.1 Å². The zero-order valence-corrected chi connectivity index (χ0v) is 11.1. The number of hydrogen-bond acceptors (Lipinski definition) is 3. The fourth-order valence-electron chi connectivity index (χ4n) is 2.32. The van der Waals surface area contributed by atoms with Gasteiger partial charge in [0.05, 0.1) is 0 Å². The third-order valence-corrected chi connectivity index (χ3v) is 3.30. The number of rotatable bonds is 2. The molecule has 5 nitrogen and oxygen atoms in total. The molecule has 92 valence electrons. The Kier molecular flexibility index (Phi) is 3.25. The molecular weight excluding hydrogens is 235 g/mol. The average molecular weight is 249 g/mol. The molecular formula is C11H14B3N5. The summed E-state index contributed by atoms with van der Waals surface area (Å²) in [6.07, 6.45) is 7.18. The first-order valence-corrected chi connectivity index (χ1v) is 6.26. The van der Waals surface area contributed by atoms with Crippen molar-refractivity contribution in [1.29, 1.82) is 0 Å². The van der Waals surface area contributed by atoms with E-state index in [4.69, 9.17) is 0 Å². The van der Waals surface area contributed by atoms with Gasteiger partial charge in [-0.05, 0) is 0 Å². The molecule has 0 saturated heterocycles. The number of nitrogens with zero attached hydrogens (tertiary/aromatic N) is 4. The van der Waals surface area contributed by atoms with Crippen LogP contribution in [0.5, 0.6) is 0 Å². The Morgan fingerprint density at radius 2 is 2.11 bits per heavy atom. The molecule has 1 aromatic heterocycles. The first-order chi connectivity index (χ1) is 9.25. The van der Waals surface area contributed by atoms with Crippen LogP contribution in [0.1, 0.15) is 0 Å². The van der Waals surface area contributed by atoms with Crippen LogP contribution >= 0.6 is 0 Å². The van der Waals surface area contributed by atoms with E-state index < -0.39 is 0 Å². The number of aryl methyl sites for hydroxylation is 1. The van der Waals surface area contributed by atoms with Crippen LogP contribution in [-0.4, -0.2) is 37.6 Å².